The summed E-state index contributed by atoms with van der Waals surface area (Å²) in [5.41, 5.74) is 3.12. The summed E-state index contributed by atoms with van der Waals surface area (Å²) in [6.07, 6.45) is 1.46. The zero-order valence-corrected chi connectivity index (χ0v) is 19.6. The first-order valence-corrected chi connectivity index (χ1v) is 11.6. The van der Waals surface area contributed by atoms with E-state index in [0.29, 0.717) is 36.3 Å². The van der Waals surface area contributed by atoms with Crippen LogP contribution < -0.4 is 20.5 Å². The Kier molecular flexibility index (Phi) is 5.62. The lowest BCUT2D eigenvalue weighted by Gasteiger charge is -2.29. The van der Waals surface area contributed by atoms with Gasteiger partial charge in [0, 0.05) is 24.8 Å². The predicted molar refractivity (Wildman–Crippen MR) is 137 cm³/mol. The molecular weight excluding hydrogens is 458 g/mol. The van der Waals surface area contributed by atoms with Gasteiger partial charge in [-0.3, -0.25) is 4.79 Å². The van der Waals surface area contributed by atoms with Crippen molar-refractivity contribution < 1.29 is 9.47 Å². The Morgan fingerprint density at radius 2 is 1.81 bits per heavy atom. The van der Waals surface area contributed by atoms with Gasteiger partial charge in [-0.05, 0) is 48.5 Å². The normalized spacial score (nSPS) is 13.8. The molecule has 0 aliphatic carbocycles. The van der Waals surface area contributed by atoms with Crippen LogP contribution in [-0.4, -0.2) is 58.0 Å². The molecule has 1 aliphatic rings. The van der Waals surface area contributed by atoms with E-state index in [2.05, 4.69) is 21.3 Å². The Labute approximate surface area is 206 Å². The second kappa shape index (κ2) is 9.23. The number of fused-ring (bicyclic) bond motifs is 3. The molecule has 0 amide bonds. The summed E-state index contributed by atoms with van der Waals surface area (Å²) >= 11 is 0. The molecule has 0 unspecified atom stereocenters. The molecule has 0 radical (unpaired) electrons. The Hall–Kier alpha value is -4.57. The first kappa shape index (κ1) is 21.9. The average molecular weight is 482 g/mol. The summed E-state index contributed by atoms with van der Waals surface area (Å²) < 4.78 is 12.5. The molecule has 0 bridgehead atoms. The van der Waals surface area contributed by atoms with Crippen LogP contribution in [0.15, 0.2) is 71.7 Å². The van der Waals surface area contributed by atoms with Crippen LogP contribution in [-0.2, 0) is 4.74 Å². The number of methoxy groups -OCH3 is 1. The summed E-state index contributed by atoms with van der Waals surface area (Å²) in [4.78, 5) is 28.5. The van der Waals surface area contributed by atoms with E-state index in [4.69, 9.17) is 24.5 Å². The van der Waals surface area contributed by atoms with Crippen LogP contribution in [0.2, 0.25) is 0 Å². The number of hydrogen-bond acceptors (Lipinski definition) is 9. The number of hydrogen-bond donors (Lipinski definition) is 1. The maximum atomic E-state index is 12.5. The van der Waals surface area contributed by atoms with Crippen LogP contribution in [0.3, 0.4) is 0 Å². The fraction of sp³-hybridized carbons (Fsp3) is 0.192. The lowest BCUT2D eigenvalue weighted by Crippen LogP contribution is -2.36. The third-order valence-electron chi connectivity index (χ3n) is 6.11. The Morgan fingerprint density at radius 1 is 0.972 bits per heavy atom. The van der Waals surface area contributed by atoms with Gasteiger partial charge in [0.25, 0.3) is 5.56 Å². The number of benzene rings is 2. The lowest BCUT2D eigenvalue weighted by atomic mass is 10.1. The van der Waals surface area contributed by atoms with Crippen molar-refractivity contribution in [3.8, 4) is 17.1 Å². The van der Waals surface area contributed by atoms with E-state index in [9.17, 15) is 4.79 Å². The second-order valence-corrected chi connectivity index (χ2v) is 8.28. The smallest absolute Gasteiger partial charge is 0.293 e. The van der Waals surface area contributed by atoms with Crippen molar-refractivity contribution in [2.45, 2.75) is 0 Å². The van der Waals surface area contributed by atoms with Gasteiger partial charge in [-0.2, -0.15) is 4.52 Å². The Bertz CT molecular complexity index is 1610. The first-order valence-electron chi connectivity index (χ1n) is 11.6. The van der Waals surface area contributed by atoms with Crippen LogP contribution >= 0.6 is 0 Å². The Balaban J connectivity index is 1.58. The fourth-order valence-electron chi connectivity index (χ4n) is 4.31. The van der Waals surface area contributed by atoms with Crippen LogP contribution in [0.4, 0.5) is 17.3 Å². The summed E-state index contributed by atoms with van der Waals surface area (Å²) in [6, 6.07) is 18.7. The molecule has 36 heavy (non-hydrogen) atoms. The number of rotatable bonds is 5. The standard InChI is InChI=1S/C26H23N7O3/c1-35-18-10-8-17(9-11-18)23-30-24-22-19(6-4-7-21(22)32-13-15-36-16-14-32)28-26(33(24)31-23)29-20-5-2-3-12-27-25(20)34/h2-12H,13-16H2,1H3,(H,27,28,29,34). The van der Waals surface area contributed by atoms with Crippen LogP contribution in [0.1, 0.15) is 0 Å². The highest BCUT2D eigenvalue weighted by molar-refractivity contribution is 6.03. The topological polar surface area (TPSA) is 107 Å². The highest BCUT2D eigenvalue weighted by Crippen LogP contribution is 2.33. The van der Waals surface area contributed by atoms with E-state index < -0.39 is 5.56 Å². The average Bonchev–Trinajstić information content (AvgIpc) is 3.28. The molecule has 0 spiro atoms. The number of aromatic nitrogens is 5. The van der Waals surface area contributed by atoms with Crippen molar-refractivity contribution in [3.63, 3.8) is 0 Å². The molecule has 1 fully saturated rings. The number of morpholine rings is 1. The Morgan fingerprint density at radius 3 is 2.61 bits per heavy atom. The van der Waals surface area contributed by atoms with Gasteiger partial charge in [-0.25, -0.2) is 15.0 Å². The van der Waals surface area contributed by atoms with Gasteiger partial charge in [0.2, 0.25) is 5.95 Å². The van der Waals surface area contributed by atoms with E-state index >= 15 is 0 Å². The molecule has 1 aliphatic heterocycles. The first-order chi connectivity index (χ1) is 17.7. The zero-order chi connectivity index (χ0) is 24.5. The maximum absolute atomic E-state index is 12.5. The molecule has 180 valence electrons. The third-order valence-corrected chi connectivity index (χ3v) is 6.11. The summed E-state index contributed by atoms with van der Waals surface area (Å²) in [5, 5.41) is 8.81. The van der Waals surface area contributed by atoms with Crippen molar-refractivity contribution in [1.29, 1.82) is 0 Å². The molecule has 0 atom stereocenters. The molecule has 5 aromatic rings. The molecule has 0 saturated carbocycles. The van der Waals surface area contributed by atoms with Crippen LogP contribution in [0.5, 0.6) is 5.75 Å². The molecular formula is C26H23N7O3. The minimum Gasteiger partial charge on any atom is -0.497 e. The van der Waals surface area contributed by atoms with Crippen molar-refractivity contribution >= 4 is 33.9 Å². The molecule has 6 rings (SSSR count). The van der Waals surface area contributed by atoms with E-state index in [1.165, 1.54) is 6.20 Å². The van der Waals surface area contributed by atoms with Crippen LogP contribution in [0.25, 0.3) is 27.9 Å². The minimum atomic E-state index is -0.396. The van der Waals surface area contributed by atoms with Gasteiger partial charge >= 0.3 is 0 Å². The van der Waals surface area contributed by atoms with Gasteiger partial charge in [0.1, 0.15) is 11.4 Å². The van der Waals surface area contributed by atoms with Crippen molar-refractivity contribution in [2.75, 3.05) is 43.6 Å². The molecule has 3 aromatic heterocycles. The van der Waals surface area contributed by atoms with E-state index in [1.807, 2.05) is 36.4 Å². The summed E-state index contributed by atoms with van der Waals surface area (Å²) in [7, 11) is 1.63. The largest absolute Gasteiger partial charge is 0.497 e. The maximum Gasteiger partial charge on any atom is 0.293 e. The molecule has 1 saturated heterocycles. The van der Waals surface area contributed by atoms with Gasteiger partial charge in [0.05, 0.1) is 36.9 Å². The summed E-state index contributed by atoms with van der Waals surface area (Å²) in [5.74, 6) is 1.65. The van der Waals surface area contributed by atoms with E-state index in [-0.39, 0.29) is 0 Å². The van der Waals surface area contributed by atoms with E-state index in [1.54, 1.807) is 29.8 Å². The summed E-state index contributed by atoms with van der Waals surface area (Å²) in [6.45, 7) is 2.87. The molecule has 1 N–H and O–H groups in total. The zero-order valence-electron chi connectivity index (χ0n) is 19.6. The van der Waals surface area contributed by atoms with Crippen molar-refractivity contribution in [2.24, 2.45) is 0 Å². The van der Waals surface area contributed by atoms with Gasteiger partial charge in [-0.1, -0.05) is 12.1 Å². The fourth-order valence-corrected chi connectivity index (χ4v) is 4.31. The highest BCUT2D eigenvalue weighted by atomic mass is 16.5. The highest BCUT2D eigenvalue weighted by Gasteiger charge is 2.21. The molecule has 4 heterocycles. The second-order valence-electron chi connectivity index (χ2n) is 8.28. The number of nitrogens with zero attached hydrogens (tertiary/aromatic N) is 6. The van der Waals surface area contributed by atoms with Crippen molar-refractivity contribution in [3.05, 3.63) is 77.2 Å². The monoisotopic (exact) mass is 481 g/mol. The molecule has 10 heteroatoms. The number of ether oxygens (including phenoxy) is 2. The van der Waals surface area contributed by atoms with Gasteiger partial charge in [0.15, 0.2) is 11.5 Å². The quantitative estimate of drug-likeness (QED) is 0.405. The molecule has 10 nitrogen and oxygen atoms in total. The van der Waals surface area contributed by atoms with Gasteiger partial charge in [-0.15, -0.1) is 5.10 Å². The SMILES string of the molecule is COc1ccc(-c2nc3c4c(N5CCOCC5)cccc4nc(Nc4ccccnc4=O)n3n2)cc1. The number of nitrogens with one attached hydrogen (secondary N) is 1. The number of anilines is 3. The van der Waals surface area contributed by atoms with Crippen LogP contribution in [0, 0.1) is 0 Å². The van der Waals surface area contributed by atoms with E-state index in [0.717, 1.165) is 41.0 Å². The predicted octanol–water partition coefficient (Wildman–Crippen LogP) is 3.29. The minimum absolute atomic E-state index is 0.291. The third kappa shape index (κ3) is 3.97. The lowest BCUT2D eigenvalue weighted by molar-refractivity contribution is 0.123. The van der Waals surface area contributed by atoms with Gasteiger partial charge < -0.3 is 19.7 Å². The van der Waals surface area contributed by atoms with Crippen molar-refractivity contribution in [1.82, 2.24) is 24.6 Å². The molecule has 2 aromatic carbocycles.